The van der Waals surface area contributed by atoms with Gasteiger partial charge >= 0.3 is 5.97 Å². The van der Waals surface area contributed by atoms with E-state index in [4.69, 9.17) is 4.74 Å². The zero-order valence-corrected chi connectivity index (χ0v) is 22.1. The standard InChI is InChI=1S/C28H44N2O4/c1-8-13-23(19(3)29-20(4)31)24(16-21-14-11-10-12-15-21)30-18-22(26(32)9-2)17-25(30)27(33)34-28(5,6)7/h10-12,14-15,19,22-25H,8-9,13,16-18H2,1-7H3,(H,29,31)/t19?,22?,23-,24-,25?/m0/s1. The zero-order chi connectivity index (χ0) is 25.5. The van der Waals surface area contributed by atoms with Crippen LogP contribution in [0.3, 0.4) is 0 Å². The van der Waals surface area contributed by atoms with Gasteiger partial charge in [-0.15, -0.1) is 0 Å². The smallest absolute Gasteiger partial charge is 0.323 e. The number of benzene rings is 1. The molecule has 0 radical (unpaired) electrons. The molecule has 3 unspecified atom stereocenters. The number of carbonyl (C=O) groups is 3. The fourth-order valence-corrected chi connectivity index (χ4v) is 5.26. The quantitative estimate of drug-likeness (QED) is 0.478. The molecule has 1 amide bonds. The van der Waals surface area contributed by atoms with Crippen molar-refractivity contribution in [1.29, 1.82) is 0 Å². The number of nitrogens with zero attached hydrogens (tertiary/aromatic N) is 1. The molecule has 1 aromatic rings. The first-order valence-corrected chi connectivity index (χ1v) is 12.8. The molecule has 1 saturated heterocycles. The van der Waals surface area contributed by atoms with Gasteiger partial charge in [-0.1, -0.05) is 50.6 Å². The summed E-state index contributed by atoms with van der Waals surface area (Å²) >= 11 is 0. The summed E-state index contributed by atoms with van der Waals surface area (Å²) in [4.78, 5) is 40.3. The third kappa shape index (κ3) is 7.93. The first-order valence-electron chi connectivity index (χ1n) is 12.8. The van der Waals surface area contributed by atoms with Gasteiger partial charge in [0.2, 0.25) is 5.91 Å². The minimum absolute atomic E-state index is 0.0172. The summed E-state index contributed by atoms with van der Waals surface area (Å²) in [6, 6.07) is 9.70. The van der Waals surface area contributed by atoms with Gasteiger partial charge in [-0.05, 0) is 58.4 Å². The number of rotatable bonds is 11. The Morgan fingerprint density at radius 2 is 1.79 bits per heavy atom. The molecular formula is C28H44N2O4. The van der Waals surface area contributed by atoms with E-state index < -0.39 is 11.6 Å². The van der Waals surface area contributed by atoms with Crippen LogP contribution in [0.1, 0.15) is 79.7 Å². The molecular weight excluding hydrogens is 428 g/mol. The first-order chi connectivity index (χ1) is 16.0. The summed E-state index contributed by atoms with van der Waals surface area (Å²) in [5.41, 5.74) is 0.577. The number of esters is 1. The number of Topliss-reactive ketones (excluding diaryl/α,β-unsaturated/α-hetero) is 1. The third-order valence-corrected chi connectivity index (χ3v) is 6.73. The maximum absolute atomic E-state index is 13.4. The predicted octanol–water partition coefficient (Wildman–Crippen LogP) is 4.55. The highest BCUT2D eigenvalue weighted by molar-refractivity contribution is 5.84. The molecule has 1 heterocycles. The zero-order valence-electron chi connectivity index (χ0n) is 22.1. The lowest BCUT2D eigenvalue weighted by molar-refractivity contribution is -0.161. The molecule has 1 aliphatic rings. The molecule has 190 valence electrons. The highest BCUT2D eigenvalue weighted by Gasteiger charge is 2.46. The van der Waals surface area contributed by atoms with E-state index in [2.05, 4.69) is 29.3 Å². The number of hydrogen-bond acceptors (Lipinski definition) is 5. The molecule has 1 aliphatic heterocycles. The third-order valence-electron chi connectivity index (χ3n) is 6.73. The number of hydrogen-bond donors (Lipinski definition) is 1. The Kier molecular flexibility index (Phi) is 10.3. The molecule has 6 nitrogen and oxygen atoms in total. The lowest BCUT2D eigenvalue weighted by Gasteiger charge is -2.41. The second-order valence-corrected chi connectivity index (χ2v) is 10.7. The minimum Gasteiger partial charge on any atom is -0.459 e. The molecule has 34 heavy (non-hydrogen) atoms. The van der Waals surface area contributed by atoms with Gasteiger partial charge in [0.25, 0.3) is 0 Å². The van der Waals surface area contributed by atoms with Crippen LogP contribution in [0.4, 0.5) is 0 Å². The van der Waals surface area contributed by atoms with Crippen LogP contribution in [-0.4, -0.2) is 52.8 Å². The summed E-state index contributed by atoms with van der Waals surface area (Å²) < 4.78 is 5.82. The Morgan fingerprint density at radius 1 is 1.15 bits per heavy atom. The second kappa shape index (κ2) is 12.5. The normalized spacial score (nSPS) is 21.5. The SMILES string of the molecule is CCC[C@@H](C(C)NC(C)=O)[C@H](Cc1ccccc1)N1CC(C(=O)CC)CC1C(=O)OC(C)(C)C. The highest BCUT2D eigenvalue weighted by atomic mass is 16.6. The van der Waals surface area contributed by atoms with Gasteiger partial charge in [0, 0.05) is 37.9 Å². The Balaban J connectivity index is 2.50. The fraction of sp³-hybridized carbons (Fsp3) is 0.679. The van der Waals surface area contributed by atoms with Crippen LogP contribution in [0.15, 0.2) is 30.3 Å². The Hall–Kier alpha value is -2.21. The van der Waals surface area contributed by atoms with Crippen molar-refractivity contribution >= 4 is 17.7 Å². The number of ether oxygens (including phenoxy) is 1. The monoisotopic (exact) mass is 472 g/mol. The van der Waals surface area contributed by atoms with Crippen molar-refractivity contribution in [2.45, 2.75) is 104 Å². The minimum atomic E-state index is -0.600. The van der Waals surface area contributed by atoms with Gasteiger partial charge in [0.1, 0.15) is 17.4 Å². The lowest BCUT2D eigenvalue weighted by atomic mass is 9.83. The average molecular weight is 473 g/mol. The fourth-order valence-electron chi connectivity index (χ4n) is 5.26. The number of nitrogens with one attached hydrogen (secondary N) is 1. The molecule has 0 spiro atoms. The van der Waals surface area contributed by atoms with Crippen LogP contribution < -0.4 is 5.32 Å². The molecule has 0 aliphatic carbocycles. The van der Waals surface area contributed by atoms with Crippen LogP contribution in [0.2, 0.25) is 0 Å². The molecule has 1 N–H and O–H groups in total. The maximum atomic E-state index is 13.4. The Morgan fingerprint density at radius 3 is 2.32 bits per heavy atom. The van der Waals surface area contributed by atoms with Gasteiger partial charge in [0.05, 0.1) is 0 Å². The van der Waals surface area contributed by atoms with Crippen molar-refractivity contribution in [2.75, 3.05) is 6.54 Å². The van der Waals surface area contributed by atoms with Gasteiger partial charge in [-0.25, -0.2) is 0 Å². The van der Waals surface area contributed by atoms with Gasteiger partial charge in [0.15, 0.2) is 0 Å². The van der Waals surface area contributed by atoms with Crippen LogP contribution in [-0.2, 0) is 25.5 Å². The molecule has 1 fully saturated rings. The highest BCUT2D eigenvalue weighted by Crippen LogP contribution is 2.35. The summed E-state index contributed by atoms with van der Waals surface area (Å²) in [7, 11) is 0. The molecule has 6 heteroatoms. The summed E-state index contributed by atoms with van der Waals surface area (Å²) in [5, 5.41) is 3.10. The molecule has 0 bridgehead atoms. The summed E-state index contributed by atoms with van der Waals surface area (Å²) in [5.74, 6) is -0.194. The van der Waals surface area contributed by atoms with E-state index in [0.29, 0.717) is 19.4 Å². The molecule has 2 rings (SSSR count). The van der Waals surface area contributed by atoms with Crippen molar-refractivity contribution in [2.24, 2.45) is 11.8 Å². The van der Waals surface area contributed by atoms with E-state index in [1.807, 2.05) is 52.8 Å². The lowest BCUT2D eigenvalue weighted by Crippen LogP contribution is -2.54. The average Bonchev–Trinajstić information content (AvgIpc) is 3.20. The molecule has 1 aromatic carbocycles. The number of amides is 1. The number of carbonyl (C=O) groups excluding carboxylic acids is 3. The number of ketones is 1. The molecule has 0 aromatic heterocycles. The van der Waals surface area contributed by atoms with Gasteiger partial charge in [-0.2, -0.15) is 0 Å². The molecule has 0 saturated carbocycles. The van der Waals surface area contributed by atoms with E-state index >= 15 is 0 Å². The summed E-state index contributed by atoms with van der Waals surface area (Å²) in [6.07, 6.45) is 3.55. The van der Waals surface area contributed by atoms with Crippen LogP contribution in [0, 0.1) is 11.8 Å². The van der Waals surface area contributed by atoms with E-state index in [-0.39, 0.29) is 41.6 Å². The van der Waals surface area contributed by atoms with E-state index in [0.717, 1.165) is 19.3 Å². The van der Waals surface area contributed by atoms with Crippen LogP contribution >= 0.6 is 0 Å². The molecule has 5 atom stereocenters. The van der Waals surface area contributed by atoms with Crippen molar-refractivity contribution in [3.8, 4) is 0 Å². The summed E-state index contributed by atoms with van der Waals surface area (Å²) in [6.45, 7) is 13.8. The van der Waals surface area contributed by atoms with E-state index in [1.165, 1.54) is 5.56 Å². The second-order valence-electron chi connectivity index (χ2n) is 10.7. The van der Waals surface area contributed by atoms with Crippen molar-refractivity contribution < 1.29 is 19.1 Å². The van der Waals surface area contributed by atoms with E-state index in [9.17, 15) is 14.4 Å². The van der Waals surface area contributed by atoms with Gasteiger partial charge < -0.3 is 10.1 Å². The van der Waals surface area contributed by atoms with Crippen LogP contribution in [0.25, 0.3) is 0 Å². The first kappa shape index (κ1) is 28.0. The predicted molar refractivity (Wildman–Crippen MR) is 135 cm³/mol. The Bertz CT molecular complexity index is 817. The number of likely N-dealkylation sites (tertiary alicyclic amines) is 1. The maximum Gasteiger partial charge on any atom is 0.323 e. The Labute approximate surface area is 205 Å². The van der Waals surface area contributed by atoms with Crippen molar-refractivity contribution in [1.82, 2.24) is 10.2 Å². The van der Waals surface area contributed by atoms with E-state index in [1.54, 1.807) is 6.92 Å². The topological polar surface area (TPSA) is 75.7 Å². The van der Waals surface area contributed by atoms with Crippen molar-refractivity contribution in [3.63, 3.8) is 0 Å². The van der Waals surface area contributed by atoms with Crippen LogP contribution in [0.5, 0.6) is 0 Å². The van der Waals surface area contributed by atoms with Crippen molar-refractivity contribution in [3.05, 3.63) is 35.9 Å². The van der Waals surface area contributed by atoms with Gasteiger partial charge in [-0.3, -0.25) is 19.3 Å². The largest absolute Gasteiger partial charge is 0.459 e.